The molecular formula is C12H16N2O4. The first-order valence-electron chi connectivity index (χ1n) is 6.28. The fraction of sp³-hybridized carbons (Fsp3) is 0.667. The van der Waals surface area contributed by atoms with Crippen LogP contribution < -0.4 is 25.4 Å². The van der Waals surface area contributed by atoms with Crippen molar-refractivity contribution < 1.29 is 14.6 Å². The lowest BCUT2D eigenvalue weighted by molar-refractivity contribution is -0.271. The molecule has 0 unspecified atom stereocenters. The standard InChI is InChI=1S/C12H16N2O4/c15-11-9(13-1-5-17-6-2-13)12(16)10(11)14-3-7-18-8-4-14/h1-8H2. The van der Waals surface area contributed by atoms with Crippen LogP contribution in [0.15, 0.2) is 4.79 Å². The third-order valence-corrected chi connectivity index (χ3v) is 3.51. The van der Waals surface area contributed by atoms with Gasteiger partial charge in [0.15, 0.2) is 13.1 Å². The third-order valence-electron chi connectivity index (χ3n) is 3.51. The van der Waals surface area contributed by atoms with Crippen molar-refractivity contribution in [2.24, 2.45) is 0 Å². The van der Waals surface area contributed by atoms with Crippen LogP contribution in [-0.2, 0) is 9.47 Å². The Labute approximate surface area is 104 Å². The highest BCUT2D eigenvalue weighted by Gasteiger charge is 2.26. The maximum absolute atomic E-state index is 12.1. The smallest absolute Gasteiger partial charge is 0.271 e. The van der Waals surface area contributed by atoms with Crippen LogP contribution in [0.3, 0.4) is 0 Å². The number of anilines is 1. The van der Waals surface area contributed by atoms with E-state index >= 15 is 0 Å². The highest BCUT2D eigenvalue weighted by atomic mass is 16.5. The van der Waals surface area contributed by atoms with Crippen LogP contribution in [-0.4, -0.2) is 52.6 Å². The second-order valence-corrected chi connectivity index (χ2v) is 4.55. The van der Waals surface area contributed by atoms with E-state index in [1.807, 2.05) is 9.48 Å². The monoisotopic (exact) mass is 252 g/mol. The fourth-order valence-corrected chi connectivity index (χ4v) is 2.52. The fourth-order valence-electron chi connectivity index (χ4n) is 2.52. The molecule has 0 N–H and O–H groups in total. The largest absolute Gasteiger partial charge is 0.866 e. The van der Waals surface area contributed by atoms with Crippen molar-refractivity contribution >= 4 is 5.69 Å². The van der Waals surface area contributed by atoms with Gasteiger partial charge in [0.25, 0.3) is 5.43 Å². The molecule has 0 amide bonds. The second-order valence-electron chi connectivity index (χ2n) is 4.55. The molecule has 3 rings (SSSR count). The SMILES string of the molecule is O=c1c(N2CCOCC2)c([O-])c1=[N+]1CCOCC1. The summed E-state index contributed by atoms with van der Waals surface area (Å²) in [5, 5.41) is 12.5. The highest BCUT2D eigenvalue weighted by Crippen LogP contribution is 2.19. The first-order valence-corrected chi connectivity index (χ1v) is 6.28. The van der Waals surface area contributed by atoms with Crippen LogP contribution in [0.25, 0.3) is 0 Å². The first-order chi connectivity index (χ1) is 8.79. The number of ether oxygens (including phenoxy) is 2. The van der Waals surface area contributed by atoms with Crippen LogP contribution in [0.1, 0.15) is 0 Å². The quantitative estimate of drug-likeness (QED) is 0.523. The Kier molecular flexibility index (Phi) is 3.05. The average molecular weight is 252 g/mol. The van der Waals surface area contributed by atoms with Crippen molar-refractivity contribution in [3.05, 3.63) is 15.6 Å². The van der Waals surface area contributed by atoms with Gasteiger partial charge in [-0.15, -0.1) is 0 Å². The molecule has 0 atom stereocenters. The molecule has 2 aliphatic heterocycles. The summed E-state index contributed by atoms with van der Waals surface area (Å²) in [5.74, 6) is -0.108. The van der Waals surface area contributed by atoms with Gasteiger partial charge in [0.2, 0.25) is 5.36 Å². The Balaban J connectivity index is 1.93. The van der Waals surface area contributed by atoms with Gasteiger partial charge in [0.05, 0.1) is 18.9 Å². The lowest BCUT2D eigenvalue weighted by Gasteiger charge is -2.32. The van der Waals surface area contributed by atoms with Gasteiger partial charge >= 0.3 is 0 Å². The maximum Gasteiger partial charge on any atom is 0.271 e. The summed E-state index contributed by atoms with van der Waals surface area (Å²) >= 11 is 0. The van der Waals surface area contributed by atoms with E-state index in [0.717, 1.165) is 0 Å². The minimum atomic E-state index is -0.108. The van der Waals surface area contributed by atoms with Crippen LogP contribution in [0, 0.1) is 0 Å². The zero-order valence-electron chi connectivity index (χ0n) is 10.2. The van der Waals surface area contributed by atoms with Gasteiger partial charge < -0.3 is 19.5 Å². The summed E-state index contributed by atoms with van der Waals surface area (Å²) in [4.78, 5) is 14.0. The minimum absolute atomic E-state index is 0.108. The molecule has 1 aromatic carbocycles. The van der Waals surface area contributed by atoms with E-state index in [4.69, 9.17) is 9.47 Å². The zero-order valence-corrected chi connectivity index (χ0v) is 10.2. The molecule has 0 radical (unpaired) electrons. The molecule has 0 aromatic heterocycles. The molecule has 0 bridgehead atoms. The predicted molar refractivity (Wildman–Crippen MR) is 63.4 cm³/mol. The first kappa shape index (κ1) is 11.7. The lowest BCUT2D eigenvalue weighted by Crippen LogP contribution is -2.54. The van der Waals surface area contributed by atoms with Gasteiger partial charge in [-0.25, -0.2) is 4.58 Å². The van der Waals surface area contributed by atoms with Crippen molar-refractivity contribution in [3.8, 4) is 5.75 Å². The highest BCUT2D eigenvalue weighted by molar-refractivity contribution is 5.62. The molecule has 98 valence electrons. The number of rotatable bonds is 1. The molecule has 2 saturated heterocycles. The van der Waals surface area contributed by atoms with Crippen LogP contribution in [0.2, 0.25) is 0 Å². The van der Waals surface area contributed by atoms with Crippen molar-refractivity contribution in [2.45, 2.75) is 0 Å². The molecule has 0 saturated carbocycles. The molecule has 6 heteroatoms. The number of hydrogen-bond acceptors (Lipinski definition) is 5. The summed E-state index contributed by atoms with van der Waals surface area (Å²) in [5.41, 5.74) is 0.239. The number of morpholine rings is 2. The van der Waals surface area contributed by atoms with E-state index in [-0.39, 0.29) is 11.2 Å². The number of nitrogens with zero attached hydrogens (tertiary/aromatic N) is 2. The summed E-state index contributed by atoms with van der Waals surface area (Å²) in [6.07, 6.45) is 0. The van der Waals surface area contributed by atoms with E-state index in [9.17, 15) is 9.90 Å². The van der Waals surface area contributed by atoms with E-state index in [2.05, 4.69) is 0 Å². The van der Waals surface area contributed by atoms with Gasteiger partial charge in [-0.1, -0.05) is 0 Å². The van der Waals surface area contributed by atoms with Gasteiger partial charge in [0, 0.05) is 13.1 Å². The Hall–Kier alpha value is -1.40. The molecule has 2 aliphatic rings. The Morgan fingerprint density at radius 2 is 1.67 bits per heavy atom. The molecule has 18 heavy (non-hydrogen) atoms. The molecule has 2 heterocycles. The topological polar surface area (TPSA) is 64.8 Å². The van der Waals surface area contributed by atoms with Gasteiger partial charge in [-0.05, 0) is 5.75 Å². The molecule has 0 spiro atoms. The van der Waals surface area contributed by atoms with E-state index in [1.54, 1.807) is 0 Å². The summed E-state index contributed by atoms with van der Waals surface area (Å²) in [6, 6.07) is 0. The summed E-state index contributed by atoms with van der Waals surface area (Å²) < 4.78 is 12.3. The van der Waals surface area contributed by atoms with Crippen molar-refractivity contribution in [2.75, 3.05) is 57.5 Å². The van der Waals surface area contributed by atoms with E-state index < -0.39 is 0 Å². The van der Waals surface area contributed by atoms with E-state index in [0.29, 0.717) is 63.7 Å². The third kappa shape index (κ3) is 1.81. The van der Waals surface area contributed by atoms with Gasteiger partial charge in [0.1, 0.15) is 13.2 Å². The van der Waals surface area contributed by atoms with Crippen molar-refractivity contribution in [1.29, 1.82) is 0 Å². The van der Waals surface area contributed by atoms with Crippen LogP contribution in [0.5, 0.6) is 5.75 Å². The maximum atomic E-state index is 12.1. The van der Waals surface area contributed by atoms with Crippen LogP contribution >= 0.6 is 0 Å². The molecular weight excluding hydrogens is 236 g/mol. The normalized spacial score (nSPS) is 21.6. The number of hydrogen-bond donors (Lipinski definition) is 0. The molecule has 2 fully saturated rings. The Morgan fingerprint density at radius 1 is 1.06 bits per heavy atom. The molecule has 1 aromatic rings. The van der Waals surface area contributed by atoms with Crippen LogP contribution in [0.4, 0.5) is 5.69 Å². The Morgan fingerprint density at radius 3 is 2.28 bits per heavy atom. The minimum Gasteiger partial charge on any atom is -0.866 e. The lowest BCUT2D eigenvalue weighted by atomic mass is 10.1. The predicted octanol–water partition coefficient (Wildman–Crippen LogP) is -2.36. The second kappa shape index (κ2) is 4.70. The summed E-state index contributed by atoms with van der Waals surface area (Å²) in [6.45, 7) is 4.83. The summed E-state index contributed by atoms with van der Waals surface area (Å²) in [7, 11) is 0. The van der Waals surface area contributed by atoms with E-state index in [1.165, 1.54) is 0 Å². The zero-order chi connectivity index (χ0) is 12.5. The Bertz CT molecular complexity index is 516. The van der Waals surface area contributed by atoms with Gasteiger partial charge in [-0.2, -0.15) is 0 Å². The molecule has 0 aliphatic carbocycles. The molecule has 6 nitrogen and oxygen atoms in total. The average Bonchev–Trinajstić information content (AvgIpc) is 2.41. The van der Waals surface area contributed by atoms with Crippen molar-refractivity contribution in [1.82, 2.24) is 4.58 Å². The van der Waals surface area contributed by atoms with Crippen molar-refractivity contribution in [3.63, 3.8) is 0 Å². The van der Waals surface area contributed by atoms with Gasteiger partial charge in [-0.3, -0.25) is 4.79 Å².